The van der Waals surface area contributed by atoms with E-state index in [1.54, 1.807) is 6.92 Å². The van der Waals surface area contributed by atoms with E-state index in [4.69, 9.17) is 4.74 Å². The lowest BCUT2D eigenvalue weighted by Gasteiger charge is -2.33. The Morgan fingerprint density at radius 3 is 2.74 bits per heavy atom. The Hall–Kier alpha value is -0.670. The summed E-state index contributed by atoms with van der Waals surface area (Å²) in [5, 5.41) is 3.16. The van der Waals surface area contributed by atoms with Gasteiger partial charge in [0, 0.05) is 30.1 Å². The number of nitrogens with one attached hydrogen (secondary N) is 1. The Labute approximate surface area is 151 Å². The minimum atomic E-state index is -3.60. The van der Waals surface area contributed by atoms with Gasteiger partial charge in [0.15, 0.2) is 0 Å². The number of hydrogen-bond donors (Lipinski definition) is 1. The molecule has 0 radical (unpaired) electrons. The van der Waals surface area contributed by atoms with Crippen molar-refractivity contribution in [2.24, 2.45) is 0 Å². The van der Waals surface area contributed by atoms with E-state index in [-0.39, 0.29) is 30.0 Å². The zero-order valence-electron chi connectivity index (χ0n) is 12.9. The van der Waals surface area contributed by atoms with E-state index in [2.05, 4.69) is 21.2 Å². The standard InChI is InChI=1S/C14H19BrN2O4S.ClH/c1-3-21-14(18)11-4-5-13(12(15)8-11)22(19,20)17-7-6-16-9-10(17)2;/h4-5,8,10,16H,3,6-7,9H2,1-2H3;1H. The SMILES string of the molecule is CCOC(=O)c1ccc(S(=O)(=O)N2CCNCC2C)c(Br)c1.Cl. The normalized spacial score (nSPS) is 19.0. The number of benzene rings is 1. The van der Waals surface area contributed by atoms with Gasteiger partial charge in [-0.15, -0.1) is 12.4 Å². The van der Waals surface area contributed by atoms with Crippen molar-refractivity contribution in [3.05, 3.63) is 28.2 Å². The van der Waals surface area contributed by atoms with E-state index in [1.807, 2.05) is 6.92 Å². The van der Waals surface area contributed by atoms with Crippen molar-refractivity contribution in [3.63, 3.8) is 0 Å². The van der Waals surface area contributed by atoms with Gasteiger partial charge in [0.2, 0.25) is 10.0 Å². The number of esters is 1. The number of rotatable bonds is 4. The van der Waals surface area contributed by atoms with Crippen LogP contribution in [0.3, 0.4) is 0 Å². The molecule has 1 unspecified atom stereocenters. The lowest BCUT2D eigenvalue weighted by molar-refractivity contribution is 0.0526. The number of hydrogen-bond acceptors (Lipinski definition) is 5. The van der Waals surface area contributed by atoms with Crippen LogP contribution in [0, 0.1) is 0 Å². The van der Waals surface area contributed by atoms with Crippen LogP contribution in [-0.4, -0.2) is 51.0 Å². The summed E-state index contributed by atoms with van der Waals surface area (Å²) in [6, 6.07) is 4.29. The van der Waals surface area contributed by atoms with E-state index in [0.717, 1.165) is 0 Å². The minimum absolute atomic E-state index is 0. The molecule has 6 nitrogen and oxygen atoms in total. The van der Waals surface area contributed by atoms with E-state index in [9.17, 15) is 13.2 Å². The molecule has 1 fully saturated rings. The van der Waals surface area contributed by atoms with Crippen molar-refractivity contribution in [2.75, 3.05) is 26.2 Å². The summed E-state index contributed by atoms with van der Waals surface area (Å²) in [5.41, 5.74) is 0.320. The zero-order chi connectivity index (χ0) is 16.3. The third-order valence-corrected chi connectivity index (χ3v) is 6.46. The first-order chi connectivity index (χ1) is 10.4. The summed E-state index contributed by atoms with van der Waals surface area (Å²) in [4.78, 5) is 11.9. The van der Waals surface area contributed by atoms with Gasteiger partial charge in [0.05, 0.1) is 17.1 Å². The number of piperazine rings is 1. The van der Waals surface area contributed by atoms with Gasteiger partial charge >= 0.3 is 5.97 Å². The first-order valence-electron chi connectivity index (χ1n) is 7.07. The second kappa shape index (κ2) is 8.43. The second-order valence-corrected chi connectivity index (χ2v) is 7.75. The van der Waals surface area contributed by atoms with Gasteiger partial charge in [-0.1, -0.05) is 0 Å². The fraction of sp³-hybridized carbons (Fsp3) is 0.500. The number of halogens is 2. The molecule has 0 aromatic heterocycles. The maximum Gasteiger partial charge on any atom is 0.338 e. The van der Waals surface area contributed by atoms with Crippen LogP contribution in [-0.2, 0) is 14.8 Å². The maximum atomic E-state index is 12.8. The van der Waals surface area contributed by atoms with Crippen molar-refractivity contribution < 1.29 is 17.9 Å². The summed E-state index contributed by atoms with van der Waals surface area (Å²) in [6.45, 7) is 5.53. The monoisotopic (exact) mass is 426 g/mol. The van der Waals surface area contributed by atoms with Crippen LogP contribution >= 0.6 is 28.3 Å². The van der Waals surface area contributed by atoms with Gasteiger partial charge in [-0.05, 0) is 48.0 Å². The smallest absolute Gasteiger partial charge is 0.338 e. The van der Waals surface area contributed by atoms with E-state index in [1.165, 1.54) is 22.5 Å². The first kappa shape index (κ1) is 20.4. The molecule has 1 heterocycles. The van der Waals surface area contributed by atoms with Crippen LogP contribution in [0.25, 0.3) is 0 Å². The predicted octanol–water partition coefficient (Wildman–Crippen LogP) is 2.03. The van der Waals surface area contributed by atoms with Gasteiger partial charge in [-0.2, -0.15) is 4.31 Å². The molecule has 0 spiro atoms. The highest BCUT2D eigenvalue weighted by molar-refractivity contribution is 9.10. The minimum Gasteiger partial charge on any atom is -0.462 e. The third-order valence-electron chi connectivity index (χ3n) is 3.47. The van der Waals surface area contributed by atoms with E-state index < -0.39 is 16.0 Å². The molecule has 1 N–H and O–H groups in total. The average molecular weight is 428 g/mol. The van der Waals surface area contributed by atoms with Crippen LogP contribution in [0.2, 0.25) is 0 Å². The largest absolute Gasteiger partial charge is 0.462 e. The van der Waals surface area contributed by atoms with Crippen molar-refractivity contribution in [1.29, 1.82) is 0 Å². The van der Waals surface area contributed by atoms with E-state index >= 15 is 0 Å². The first-order valence-corrected chi connectivity index (χ1v) is 9.30. The average Bonchev–Trinajstić information content (AvgIpc) is 2.47. The molecule has 1 saturated heterocycles. The van der Waals surface area contributed by atoms with Gasteiger partial charge in [-0.3, -0.25) is 0 Å². The number of sulfonamides is 1. The Morgan fingerprint density at radius 2 is 2.17 bits per heavy atom. The summed E-state index contributed by atoms with van der Waals surface area (Å²) in [6.07, 6.45) is 0. The molecule has 130 valence electrons. The molecular formula is C14H20BrClN2O4S. The lowest BCUT2D eigenvalue weighted by atomic mass is 10.2. The third kappa shape index (κ3) is 4.45. The molecule has 1 aromatic rings. The van der Waals surface area contributed by atoms with Crippen LogP contribution < -0.4 is 5.32 Å². The second-order valence-electron chi connectivity index (χ2n) is 5.03. The Balaban J connectivity index is 0.00000264. The van der Waals surface area contributed by atoms with E-state index in [0.29, 0.717) is 29.7 Å². The lowest BCUT2D eigenvalue weighted by Crippen LogP contribution is -2.52. The van der Waals surface area contributed by atoms with Gasteiger partial charge in [-0.25, -0.2) is 13.2 Å². The number of carbonyl (C=O) groups excluding carboxylic acids is 1. The Bertz CT molecular complexity index is 669. The quantitative estimate of drug-likeness (QED) is 0.744. The number of ether oxygens (including phenoxy) is 1. The number of carbonyl (C=O) groups is 1. The van der Waals surface area contributed by atoms with Gasteiger partial charge in [0.1, 0.15) is 0 Å². The van der Waals surface area contributed by atoms with Crippen LogP contribution in [0.1, 0.15) is 24.2 Å². The Kier molecular flexibility index (Phi) is 7.47. The summed E-state index contributed by atoms with van der Waals surface area (Å²) >= 11 is 3.26. The molecule has 1 aliphatic rings. The molecule has 1 aliphatic heterocycles. The highest BCUT2D eigenvalue weighted by Crippen LogP contribution is 2.28. The fourth-order valence-electron chi connectivity index (χ4n) is 2.36. The molecule has 0 saturated carbocycles. The fourth-order valence-corrected chi connectivity index (χ4v) is 5.03. The molecule has 0 aliphatic carbocycles. The molecule has 23 heavy (non-hydrogen) atoms. The Morgan fingerprint density at radius 1 is 1.48 bits per heavy atom. The number of nitrogens with zero attached hydrogens (tertiary/aromatic N) is 1. The molecule has 2 rings (SSSR count). The molecule has 0 amide bonds. The molecule has 1 atom stereocenters. The zero-order valence-corrected chi connectivity index (χ0v) is 16.1. The van der Waals surface area contributed by atoms with Crippen molar-refractivity contribution in [2.45, 2.75) is 24.8 Å². The maximum absolute atomic E-state index is 12.8. The van der Waals surface area contributed by atoms with Crippen LogP contribution in [0.4, 0.5) is 0 Å². The van der Waals surface area contributed by atoms with Crippen molar-refractivity contribution in [1.82, 2.24) is 9.62 Å². The van der Waals surface area contributed by atoms with Crippen LogP contribution in [0.5, 0.6) is 0 Å². The van der Waals surface area contributed by atoms with Crippen LogP contribution in [0.15, 0.2) is 27.6 Å². The highest BCUT2D eigenvalue weighted by Gasteiger charge is 2.32. The predicted molar refractivity (Wildman–Crippen MR) is 93.6 cm³/mol. The molecule has 9 heteroatoms. The molecule has 0 bridgehead atoms. The van der Waals surface area contributed by atoms with Crippen molar-refractivity contribution in [3.8, 4) is 0 Å². The topological polar surface area (TPSA) is 75.7 Å². The summed E-state index contributed by atoms with van der Waals surface area (Å²) < 4.78 is 32.3. The highest BCUT2D eigenvalue weighted by atomic mass is 79.9. The molecular weight excluding hydrogens is 408 g/mol. The van der Waals surface area contributed by atoms with Gasteiger partial charge < -0.3 is 10.1 Å². The van der Waals surface area contributed by atoms with Crippen molar-refractivity contribution >= 4 is 44.3 Å². The van der Waals surface area contributed by atoms with Gasteiger partial charge in [0.25, 0.3) is 0 Å². The summed E-state index contributed by atoms with van der Waals surface area (Å²) in [5.74, 6) is -0.470. The summed E-state index contributed by atoms with van der Waals surface area (Å²) in [7, 11) is -3.60. The molecule has 1 aromatic carbocycles.